The fourth-order valence-electron chi connectivity index (χ4n) is 8.51. The van der Waals surface area contributed by atoms with Crippen molar-refractivity contribution < 1.29 is 5.11 Å². The normalized spacial score (nSPS) is 44.0. The molecule has 0 spiro atoms. The lowest BCUT2D eigenvalue weighted by atomic mass is 9.47. The van der Waals surface area contributed by atoms with Crippen molar-refractivity contribution in [3.8, 4) is 0 Å². The fourth-order valence-corrected chi connectivity index (χ4v) is 8.51. The Labute approximate surface area is 180 Å². The maximum Gasteiger partial charge on any atom is 0.0563 e. The van der Waals surface area contributed by atoms with E-state index in [2.05, 4.69) is 47.3 Å². The lowest BCUT2D eigenvalue weighted by molar-refractivity contribution is -0.0489. The van der Waals surface area contributed by atoms with Crippen molar-refractivity contribution in [3.63, 3.8) is 0 Å². The van der Waals surface area contributed by atoms with Crippen molar-refractivity contribution >= 4 is 0 Å². The minimum atomic E-state index is -0.124. The van der Waals surface area contributed by atoms with Crippen LogP contribution in [0.4, 0.5) is 0 Å². The van der Waals surface area contributed by atoms with Gasteiger partial charge >= 0.3 is 0 Å². The molecular weight excluding hydrogens is 352 g/mol. The summed E-state index contributed by atoms with van der Waals surface area (Å²) in [6, 6.07) is 0. The molecule has 4 aliphatic carbocycles. The first-order valence-electron chi connectivity index (χ1n) is 12.7. The molecule has 0 bridgehead atoms. The van der Waals surface area contributed by atoms with Crippen LogP contribution in [0, 0.1) is 46.3 Å². The van der Waals surface area contributed by atoms with Crippen LogP contribution in [0.15, 0.2) is 23.8 Å². The average Bonchev–Trinajstić information content (AvgIpc) is 3.03. The molecule has 3 saturated carbocycles. The highest BCUT2D eigenvalue weighted by Gasteiger charge is 2.58. The Morgan fingerprint density at radius 3 is 2.55 bits per heavy atom. The van der Waals surface area contributed by atoms with Crippen molar-refractivity contribution in [1.82, 2.24) is 0 Å². The number of aliphatic hydroxyl groups excluding tert-OH is 1. The quantitative estimate of drug-likeness (QED) is 0.474. The van der Waals surface area contributed by atoms with E-state index >= 15 is 0 Å². The molecular formula is C28H46O. The number of rotatable bonds is 5. The van der Waals surface area contributed by atoms with Crippen LogP contribution >= 0.6 is 0 Å². The predicted octanol–water partition coefficient (Wildman–Crippen LogP) is 7.55. The van der Waals surface area contributed by atoms with Gasteiger partial charge in [0.2, 0.25) is 0 Å². The van der Waals surface area contributed by atoms with Gasteiger partial charge in [-0.3, -0.25) is 0 Å². The molecule has 0 aromatic heterocycles. The standard InChI is InChI=1S/C28H46O/c1-18(2)26(29)12-7-20(4)23-10-11-24-22-9-8-21-17-19(3)13-15-27(21,5)25(22)14-16-28(23,24)6/h8,18,20,22-26,29H,3,7,9-17H2,1-2,4-6H3/t20-,22+,23-,24+,25+,26?,27+,28-/m1/s1. The first kappa shape index (κ1) is 21.7. The molecule has 1 N–H and O–H groups in total. The Bertz CT molecular complexity index is 659. The zero-order valence-electron chi connectivity index (χ0n) is 19.8. The number of allylic oxidation sites excluding steroid dienone is 3. The first-order valence-corrected chi connectivity index (χ1v) is 12.7. The number of aliphatic hydroxyl groups is 1. The second-order valence-corrected chi connectivity index (χ2v) is 12.3. The molecule has 4 rings (SSSR count). The molecule has 1 nitrogen and oxygen atoms in total. The van der Waals surface area contributed by atoms with Crippen LogP contribution in [0.25, 0.3) is 0 Å². The van der Waals surface area contributed by atoms with Gasteiger partial charge in [-0.25, -0.2) is 0 Å². The summed E-state index contributed by atoms with van der Waals surface area (Å²) in [4.78, 5) is 0. The molecule has 0 heterocycles. The molecule has 0 aromatic rings. The third kappa shape index (κ3) is 3.58. The summed E-state index contributed by atoms with van der Waals surface area (Å²) in [5, 5.41) is 10.3. The van der Waals surface area contributed by atoms with Crippen molar-refractivity contribution in [2.45, 2.75) is 105 Å². The van der Waals surface area contributed by atoms with E-state index in [-0.39, 0.29) is 6.10 Å². The van der Waals surface area contributed by atoms with Gasteiger partial charge in [-0.15, -0.1) is 0 Å². The molecule has 0 radical (unpaired) electrons. The fraction of sp³-hybridized carbons (Fsp3) is 0.857. The molecule has 8 atom stereocenters. The summed E-state index contributed by atoms with van der Waals surface area (Å²) in [5.41, 5.74) is 4.19. The summed E-state index contributed by atoms with van der Waals surface area (Å²) in [7, 11) is 0. The van der Waals surface area contributed by atoms with Gasteiger partial charge < -0.3 is 5.11 Å². The Hall–Kier alpha value is -0.560. The molecule has 3 fully saturated rings. The lowest BCUT2D eigenvalue weighted by Gasteiger charge is -2.58. The third-order valence-electron chi connectivity index (χ3n) is 10.5. The van der Waals surface area contributed by atoms with E-state index in [0.717, 1.165) is 36.0 Å². The van der Waals surface area contributed by atoms with Crippen molar-refractivity contribution in [1.29, 1.82) is 0 Å². The molecule has 0 amide bonds. The minimum absolute atomic E-state index is 0.124. The van der Waals surface area contributed by atoms with Crippen molar-refractivity contribution in [2.24, 2.45) is 46.3 Å². The van der Waals surface area contributed by atoms with E-state index in [1.54, 1.807) is 5.57 Å². The summed E-state index contributed by atoms with van der Waals surface area (Å²) < 4.78 is 0. The van der Waals surface area contributed by atoms with Gasteiger partial charge in [-0.2, -0.15) is 0 Å². The number of hydrogen-bond acceptors (Lipinski definition) is 1. The van der Waals surface area contributed by atoms with Crippen LogP contribution in [0.2, 0.25) is 0 Å². The second kappa shape index (κ2) is 7.85. The highest BCUT2D eigenvalue weighted by molar-refractivity contribution is 5.30. The zero-order chi connectivity index (χ0) is 21.0. The Kier molecular flexibility index (Phi) is 5.86. The maximum atomic E-state index is 10.3. The van der Waals surface area contributed by atoms with Gasteiger partial charge in [0.05, 0.1) is 6.10 Å². The lowest BCUT2D eigenvalue weighted by Crippen LogP contribution is -2.50. The topological polar surface area (TPSA) is 20.2 Å². The maximum absolute atomic E-state index is 10.3. The summed E-state index contributed by atoms with van der Waals surface area (Å²) in [6.07, 6.45) is 15.6. The Morgan fingerprint density at radius 2 is 1.83 bits per heavy atom. The van der Waals surface area contributed by atoms with Gasteiger partial charge in [0.15, 0.2) is 0 Å². The monoisotopic (exact) mass is 398 g/mol. The van der Waals surface area contributed by atoms with E-state index in [9.17, 15) is 5.11 Å². The number of fused-ring (bicyclic) bond motifs is 5. The summed E-state index contributed by atoms with van der Waals surface area (Å²) >= 11 is 0. The molecule has 0 aliphatic heterocycles. The van der Waals surface area contributed by atoms with E-state index in [0.29, 0.717) is 16.7 Å². The van der Waals surface area contributed by atoms with Crippen LogP contribution in [0.1, 0.15) is 98.8 Å². The van der Waals surface area contributed by atoms with Crippen LogP contribution in [0.5, 0.6) is 0 Å². The van der Waals surface area contributed by atoms with Gasteiger partial charge in [0.25, 0.3) is 0 Å². The molecule has 4 aliphatic rings. The Balaban J connectivity index is 1.49. The Morgan fingerprint density at radius 1 is 1.07 bits per heavy atom. The highest BCUT2D eigenvalue weighted by Crippen LogP contribution is 2.67. The second-order valence-electron chi connectivity index (χ2n) is 12.3. The minimum Gasteiger partial charge on any atom is -0.393 e. The molecule has 29 heavy (non-hydrogen) atoms. The largest absolute Gasteiger partial charge is 0.393 e. The van der Waals surface area contributed by atoms with Gasteiger partial charge in [0, 0.05) is 0 Å². The van der Waals surface area contributed by atoms with Gasteiger partial charge in [-0.05, 0) is 111 Å². The summed E-state index contributed by atoms with van der Waals surface area (Å²) in [5.74, 6) is 4.73. The van der Waals surface area contributed by atoms with E-state index in [1.807, 2.05) is 0 Å². The molecule has 0 saturated heterocycles. The van der Waals surface area contributed by atoms with E-state index in [4.69, 9.17) is 0 Å². The van der Waals surface area contributed by atoms with E-state index < -0.39 is 0 Å². The highest BCUT2D eigenvalue weighted by atomic mass is 16.3. The molecule has 1 heteroatoms. The van der Waals surface area contributed by atoms with Crippen molar-refractivity contribution in [3.05, 3.63) is 23.8 Å². The van der Waals surface area contributed by atoms with Crippen LogP contribution < -0.4 is 0 Å². The van der Waals surface area contributed by atoms with Crippen molar-refractivity contribution in [2.75, 3.05) is 0 Å². The third-order valence-corrected chi connectivity index (χ3v) is 10.5. The van der Waals surface area contributed by atoms with Gasteiger partial charge in [-0.1, -0.05) is 58.4 Å². The van der Waals surface area contributed by atoms with Crippen LogP contribution in [0.3, 0.4) is 0 Å². The van der Waals surface area contributed by atoms with E-state index in [1.165, 1.54) is 63.4 Å². The predicted molar refractivity (Wildman–Crippen MR) is 124 cm³/mol. The van der Waals surface area contributed by atoms with Crippen LogP contribution in [-0.4, -0.2) is 11.2 Å². The zero-order valence-corrected chi connectivity index (χ0v) is 19.8. The smallest absolute Gasteiger partial charge is 0.0563 e. The molecule has 164 valence electrons. The van der Waals surface area contributed by atoms with Gasteiger partial charge in [0.1, 0.15) is 0 Å². The molecule has 1 unspecified atom stereocenters. The average molecular weight is 399 g/mol. The van der Waals surface area contributed by atoms with Crippen LogP contribution in [-0.2, 0) is 0 Å². The number of hydrogen-bond donors (Lipinski definition) is 1. The SMILES string of the molecule is C=C1CC[C@@]2(C)C(=CC[C@H]3[C@@H]4CC[C@H]([C@H](C)CCC(O)C(C)C)[C@@]4(C)CC[C@@H]32)C1. The molecule has 0 aromatic carbocycles. The summed E-state index contributed by atoms with van der Waals surface area (Å²) in [6.45, 7) is 16.4. The first-order chi connectivity index (χ1) is 13.7.